The van der Waals surface area contributed by atoms with Gasteiger partial charge in [0.25, 0.3) is 5.91 Å². The van der Waals surface area contributed by atoms with Crippen LogP contribution >= 0.6 is 15.9 Å². The number of amides is 1. The molecule has 4 nitrogen and oxygen atoms in total. The molecule has 2 aromatic rings. The number of anilines is 2. The minimum atomic E-state index is -0.149. The summed E-state index contributed by atoms with van der Waals surface area (Å²) in [6.07, 6.45) is 4.36. The molecule has 23 heavy (non-hydrogen) atoms. The van der Waals surface area contributed by atoms with Gasteiger partial charge in [0.15, 0.2) is 0 Å². The zero-order valence-electron chi connectivity index (χ0n) is 13.1. The van der Waals surface area contributed by atoms with Gasteiger partial charge in [0, 0.05) is 23.1 Å². The van der Waals surface area contributed by atoms with Crippen LogP contribution in [0.2, 0.25) is 0 Å². The van der Waals surface area contributed by atoms with E-state index in [-0.39, 0.29) is 5.91 Å². The third-order valence-electron chi connectivity index (χ3n) is 4.12. The van der Waals surface area contributed by atoms with Gasteiger partial charge < -0.3 is 10.2 Å². The maximum Gasteiger partial charge on any atom is 0.256 e. The van der Waals surface area contributed by atoms with Crippen molar-refractivity contribution in [2.45, 2.75) is 19.8 Å². The first-order valence-electron chi connectivity index (χ1n) is 7.90. The molecule has 1 fully saturated rings. The summed E-state index contributed by atoms with van der Waals surface area (Å²) in [5.74, 6) is 1.15. The van der Waals surface area contributed by atoms with E-state index in [4.69, 9.17) is 0 Å². The summed E-state index contributed by atoms with van der Waals surface area (Å²) in [5, 5.41) is 2.83. The summed E-state index contributed by atoms with van der Waals surface area (Å²) in [6.45, 7) is 4.44. The first-order chi connectivity index (χ1) is 11.1. The molecule has 1 aromatic carbocycles. The third kappa shape index (κ3) is 4.10. The van der Waals surface area contributed by atoms with Crippen molar-refractivity contribution in [2.24, 2.45) is 5.92 Å². The molecule has 0 radical (unpaired) electrons. The fraction of sp³-hybridized carbons (Fsp3) is 0.333. The highest BCUT2D eigenvalue weighted by atomic mass is 79.9. The van der Waals surface area contributed by atoms with E-state index in [1.165, 1.54) is 12.8 Å². The molecule has 0 saturated carbocycles. The summed E-state index contributed by atoms with van der Waals surface area (Å²) < 4.78 is 0.951. The topological polar surface area (TPSA) is 45.2 Å². The zero-order chi connectivity index (χ0) is 16.2. The summed E-state index contributed by atoms with van der Waals surface area (Å²) in [7, 11) is 0. The Morgan fingerprint density at radius 2 is 2.04 bits per heavy atom. The second-order valence-electron chi connectivity index (χ2n) is 6.06. The Labute approximate surface area is 145 Å². The van der Waals surface area contributed by atoms with Crippen LogP contribution in [0, 0.1) is 5.92 Å². The molecule has 0 aliphatic carbocycles. The molecule has 120 valence electrons. The Bertz CT molecular complexity index is 670. The highest BCUT2D eigenvalue weighted by Crippen LogP contribution is 2.23. The van der Waals surface area contributed by atoms with Crippen LogP contribution in [0.25, 0.3) is 0 Å². The summed E-state index contributed by atoms with van der Waals surface area (Å²) in [5.41, 5.74) is 1.74. The Morgan fingerprint density at radius 3 is 2.70 bits per heavy atom. The first kappa shape index (κ1) is 16.0. The SMILES string of the molecule is CC1CCCN(c2ccc(NC(=O)c3ccc(Br)cc3)nc2)C1. The fourth-order valence-corrected chi connectivity index (χ4v) is 3.13. The number of aromatic nitrogens is 1. The molecule has 1 unspecified atom stereocenters. The maximum atomic E-state index is 12.2. The molecule has 3 rings (SSSR count). The molecular weight excluding hydrogens is 354 g/mol. The molecule has 2 heterocycles. The van der Waals surface area contributed by atoms with Crippen molar-refractivity contribution in [1.82, 2.24) is 4.98 Å². The molecule has 5 heteroatoms. The van der Waals surface area contributed by atoms with Crippen LogP contribution in [0.4, 0.5) is 11.5 Å². The molecular formula is C18H20BrN3O. The van der Waals surface area contributed by atoms with E-state index < -0.39 is 0 Å². The van der Waals surface area contributed by atoms with Gasteiger partial charge in [-0.3, -0.25) is 4.79 Å². The van der Waals surface area contributed by atoms with Gasteiger partial charge in [-0.25, -0.2) is 4.98 Å². The second-order valence-corrected chi connectivity index (χ2v) is 6.97. The molecule has 1 aromatic heterocycles. The van der Waals surface area contributed by atoms with Crippen LogP contribution in [0.3, 0.4) is 0 Å². The van der Waals surface area contributed by atoms with Crippen molar-refractivity contribution in [3.63, 3.8) is 0 Å². The predicted octanol–water partition coefficient (Wildman–Crippen LogP) is 4.33. The highest BCUT2D eigenvalue weighted by Gasteiger charge is 2.17. The molecule has 0 spiro atoms. The van der Waals surface area contributed by atoms with Crippen molar-refractivity contribution in [1.29, 1.82) is 0 Å². The number of nitrogens with zero attached hydrogens (tertiary/aromatic N) is 2. The van der Waals surface area contributed by atoms with Crippen LogP contribution in [0.5, 0.6) is 0 Å². The highest BCUT2D eigenvalue weighted by molar-refractivity contribution is 9.10. The van der Waals surface area contributed by atoms with Crippen molar-refractivity contribution >= 4 is 33.3 Å². The number of piperidine rings is 1. The van der Waals surface area contributed by atoms with E-state index in [2.05, 4.69) is 38.1 Å². The van der Waals surface area contributed by atoms with Gasteiger partial charge in [0.05, 0.1) is 11.9 Å². The zero-order valence-corrected chi connectivity index (χ0v) is 14.7. The van der Waals surface area contributed by atoms with E-state index in [1.54, 1.807) is 12.1 Å². The van der Waals surface area contributed by atoms with Gasteiger partial charge in [0.2, 0.25) is 0 Å². The predicted molar refractivity (Wildman–Crippen MR) is 96.9 cm³/mol. The number of hydrogen-bond acceptors (Lipinski definition) is 3. The summed E-state index contributed by atoms with van der Waals surface area (Å²) in [4.78, 5) is 18.9. The van der Waals surface area contributed by atoms with Crippen LogP contribution < -0.4 is 10.2 Å². The number of benzene rings is 1. The lowest BCUT2D eigenvalue weighted by atomic mass is 10.00. The quantitative estimate of drug-likeness (QED) is 0.870. The smallest absolute Gasteiger partial charge is 0.256 e. The van der Waals surface area contributed by atoms with Crippen LogP contribution in [0.15, 0.2) is 47.1 Å². The molecule has 0 bridgehead atoms. The fourth-order valence-electron chi connectivity index (χ4n) is 2.86. The molecule has 1 saturated heterocycles. The van der Waals surface area contributed by atoms with Gasteiger partial charge in [0.1, 0.15) is 5.82 Å². The Balaban J connectivity index is 1.65. The van der Waals surface area contributed by atoms with Crippen LogP contribution in [-0.4, -0.2) is 24.0 Å². The van der Waals surface area contributed by atoms with Crippen molar-refractivity contribution in [3.05, 3.63) is 52.6 Å². The molecule has 1 aliphatic heterocycles. The summed E-state index contributed by atoms with van der Waals surface area (Å²) >= 11 is 3.36. The van der Waals surface area contributed by atoms with Crippen molar-refractivity contribution in [3.8, 4) is 0 Å². The second kappa shape index (κ2) is 7.13. The summed E-state index contributed by atoms with van der Waals surface area (Å²) in [6, 6.07) is 11.2. The third-order valence-corrected chi connectivity index (χ3v) is 4.65. The van der Waals surface area contributed by atoms with E-state index in [1.807, 2.05) is 30.5 Å². The molecule has 1 atom stereocenters. The largest absolute Gasteiger partial charge is 0.370 e. The van der Waals surface area contributed by atoms with Crippen LogP contribution in [0.1, 0.15) is 30.1 Å². The minimum absolute atomic E-state index is 0.149. The first-order valence-corrected chi connectivity index (χ1v) is 8.69. The van der Waals surface area contributed by atoms with Gasteiger partial charge in [-0.2, -0.15) is 0 Å². The average Bonchev–Trinajstić information content (AvgIpc) is 2.56. The minimum Gasteiger partial charge on any atom is -0.370 e. The average molecular weight is 374 g/mol. The lowest BCUT2D eigenvalue weighted by Crippen LogP contribution is -2.34. The number of nitrogens with one attached hydrogen (secondary N) is 1. The van der Waals surface area contributed by atoms with E-state index in [9.17, 15) is 4.79 Å². The standard InChI is InChI=1S/C18H20BrN3O/c1-13-3-2-10-22(12-13)16-8-9-17(20-11-16)21-18(23)14-4-6-15(19)7-5-14/h4-9,11,13H,2-3,10,12H2,1H3,(H,20,21,23). The Morgan fingerprint density at radius 1 is 1.26 bits per heavy atom. The van der Waals surface area contributed by atoms with E-state index in [0.29, 0.717) is 11.4 Å². The molecule has 1 aliphatic rings. The van der Waals surface area contributed by atoms with E-state index in [0.717, 1.165) is 29.2 Å². The number of carbonyl (C=O) groups is 1. The van der Waals surface area contributed by atoms with Gasteiger partial charge in [-0.05, 0) is 55.2 Å². The molecule has 1 amide bonds. The van der Waals surface area contributed by atoms with Crippen molar-refractivity contribution < 1.29 is 4.79 Å². The maximum absolute atomic E-state index is 12.2. The number of halogens is 1. The van der Waals surface area contributed by atoms with E-state index >= 15 is 0 Å². The van der Waals surface area contributed by atoms with Gasteiger partial charge in [-0.15, -0.1) is 0 Å². The van der Waals surface area contributed by atoms with Gasteiger partial charge in [-0.1, -0.05) is 22.9 Å². The Kier molecular flexibility index (Phi) is 4.96. The van der Waals surface area contributed by atoms with Gasteiger partial charge >= 0.3 is 0 Å². The normalized spacial score (nSPS) is 17.8. The lowest BCUT2D eigenvalue weighted by Gasteiger charge is -2.32. The molecule has 1 N–H and O–H groups in total. The number of pyridine rings is 1. The Hall–Kier alpha value is -1.88. The number of rotatable bonds is 3. The lowest BCUT2D eigenvalue weighted by molar-refractivity contribution is 0.102. The van der Waals surface area contributed by atoms with Crippen molar-refractivity contribution in [2.75, 3.05) is 23.3 Å². The van der Waals surface area contributed by atoms with Crippen LogP contribution in [-0.2, 0) is 0 Å². The monoisotopic (exact) mass is 373 g/mol. The number of carbonyl (C=O) groups excluding carboxylic acids is 1. The number of hydrogen-bond donors (Lipinski definition) is 1.